The summed E-state index contributed by atoms with van der Waals surface area (Å²) in [7, 11) is 2.69. The second-order valence-electron chi connectivity index (χ2n) is 7.80. The number of methoxy groups -OCH3 is 2. The van der Waals surface area contributed by atoms with E-state index in [9.17, 15) is 18.4 Å². The van der Waals surface area contributed by atoms with Crippen molar-refractivity contribution in [2.24, 2.45) is 0 Å². The first-order valence-electron chi connectivity index (χ1n) is 10.5. The maximum atomic E-state index is 13.3. The van der Waals surface area contributed by atoms with Crippen molar-refractivity contribution in [1.82, 2.24) is 9.47 Å². The van der Waals surface area contributed by atoms with Crippen LogP contribution in [0.2, 0.25) is 0 Å². The van der Waals surface area contributed by atoms with Gasteiger partial charge in [0.25, 0.3) is 0 Å². The molecule has 0 atom stereocenters. The van der Waals surface area contributed by atoms with E-state index in [2.05, 4.69) is 4.74 Å². The second-order valence-corrected chi connectivity index (χ2v) is 7.80. The number of ether oxygens (including phenoxy) is 3. The fourth-order valence-electron chi connectivity index (χ4n) is 3.89. The molecular formula is C24H24F2N2O5. The fourth-order valence-corrected chi connectivity index (χ4v) is 3.89. The second kappa shape index (κ2) is 9.48. The lowest BCUT2D eigenvalue weighted by Crippen LogP contribution is -2.35. The number of carbonyl (C=O) groups excluding carboxylic acids is 2. The van der Waals surface area contributed by atoms with Gasteiger partial charge in [0, 0.05) is 29.7 Å². The molecule has 174 valence electrons. The first-order valence-corrected chi connectivity index (χ1v) is 10.5. The smallest absolute Gasteiger partial charge is 0.387 e. The highest BCUT2D eigenvalue weighted by Crippen LogP contribution is 2.33. The van der Waals surface area contributed by atoms with Crippen molar-refractivity contribution in [3.63, 3.8) is 0 Å². The molecule has 0 spiro atoms. The number of halogens is 2. The summed E-state index contributed by atoms with van der Waals surface area (Å²) >= 11 is 0. The molecule has 3 aromatic rings. The van der Waals surface area contributed by atoms with Gasteiger partial charge >= 0.3 is 12.6 Å². The van der Waals surface area contributed by atoms with Crippen LogP contribution in [-0.4, -0.2) is 48.2 Å². The normalized spacial score (nSPS) is 13.2. The molecule has 1 aromatic heterocycles. The summed E-state index contributed by atoms with van der Waals surface area (Å²) in [5.74, 6) is -0.457. The number of esters is 1. The van der Waals surface area contributed by atoms with E-state index in [-0.39, 0.29) is 30.0 Å². The van der Waals surface area contributed by atoms with E-state index >= 15 is 0 Å². The van der Waals surface area contributed by atoms with Gasteiger partial charge in [0.1, 0.15) is 6.54 Å². The molecule has 1 aliphatic carbocycles. The van der Waals surface area contributed by atoms with Gasteiger partial charge in [-0.3, -0.25) is 4.79 Å². The highest BCUT2D eigenvalue weighted by atomic mass is 19.3. The van der Waals surface area contributed by atoms with Crippen molar-refractivity contribution in [3.8, 4) is 11.5 Å². The van der Waals surface area contributed by atoms with E-state index in [1.54, 1.807) is 27.8 Å². The molecule has 0 saturated heterocycles. The number of carbonyl (C=O) groups is 2. The van der Waals surface area contributed by atoms with Gasteiger partial charge < -0.3 is 23.7 Å². The number of para-hydroxylation sites is 1. The van der Waals surface area contributed by atoms with Gasteiger partial charge in [0.05, 0.1) is 19.8 Å². The number of amides is 1. The van der Waals surface area contributed by atoms with Crippen LogP contribution in [0.1, 0.15) is 28.8 Å². The van der Waals surface area contributed by atoms with Crippen molar-refractivity contribution in [2.75, 3.05) is 14.2 Å². The molecule has 0 N–H and O–H groups in total. The van der Waals surface area contributed by atoms with Gasteiger partial charge in [-0.05, 0) is 36.6 Å². The van der Waals surface area contributed by atoms with Gasteiger partial charge in [0.2, 0.25) is 5.91 Å². The molecule has 2 aromatic carbocycles. The van der Waals surface area contributed by atoms with E-state index in [1.165, 1.54) is 20.3 Å². The molecule has 0 unspecified atom stereocenters. The van der Waals surface area contributed by atoms with Gasteiger partial charge in [0.15, 0.2) is 11.5 Å². The van der Waals surface area contributed by atoms with Gasteiger partial charge in [-0.25, -0.2) is 4.79 Å². The van der Waals surface area contributed by atoms with Gasteiger partial charge in [-0.15, -0.1) is 0 Å². The number of fused-ring (bicyclic) bond motifs is 1. The van der Waals surface area contributed by atoms with E-state index in [4.69, 9.17) is 9.47 Å². The predicted octanol–water partition coefficient (Wildman–Crippen LogP) is 4.23. The zero-order chi connectivity index (χ0) is 23.5. The van der Waals surface area contributed by atoms with Crippen LogP contribution in [0.3, 0.4) is 0 Å². The van der Waals surface area contributed by atoms with Crippen LogP contribution in [0.15, 0.2) is 48.7 Å². The molecule has 0 aliphatic heterocycles. The molecule has 1 saturated carbocycles. The Morgan fingerprint density at radius 2 is 1.88 bits per heavy atom. The third-order valence-corrected chi connectivity index (χ3v) is 5.60. The van der Waals surface area contributed by atoms with Crippen LogP contribution in [0.25, 0.3) is 10.9 Å². The number of aromatic nitrogens is 1. The van der Waals surface area contributed by atoms with E-state index in [1.807, 2.05) is 24.3 Å². The lowest BCUT2D eigenvalue weighted by Gasteiger charge is -2.23. The Balaban J connectivity index is 1.57. The van der Waals surface area contributed by atoms with Gasteiger partial charge in [-0.1, -0.05) is 24.3 Å². The molecule has 4 rings (SSSR count). The quantitative estimate of drug-likeness (QED) is 0.449. The zero-order valence-corrected chi connectivity index (χ0v) is 18.3. The summed E-state index contributed by atoms with van der Waals surface area (Å²) in [6.45, 7) is -2.60. The van der Waals surface area contributed by atoms with Crippen LogP contribution in [0.4, 0.5) is 8.78 Å². The SMILES string of the molecule is COC(=O)c1cn(CC(=O)N(Cc2ccc(OC(F)F)c(OC)c2)C2CC2)c2ccccc12. The van der Waals surface area contributed by atoms with Crippen molar-refractivity contribution in [2.45, 2.75) is 38.6 Å². The fraction of sp³-hybridized carbons (Fsp3) is 0.333. The average Bonchev–Trinajstić information content (AvgIpc) is 3.59. The Labute approximate surface area is 189 Å². The Hall–Kier alpha value is -3.62. The van der Waals surface area contributed by atoms with Gasteiger partial charge in [-0.2, -0.15) is 8.78 Å². The molecule has 1 fully saturated rings. The number of alkyl halides is 2. The Kier molecular flexibility index (Phi) is 6.48. The third-order valence-electron chi connectivity index (χ3n) is 5.60. The first-order chi connectivity index (χ1) is 15.9. The highest BCUT2D eigenvalue weighted by Gasteiger charge is 2.33. The molecule has 1 aliphatic rings. The number of hydrogen-bond donors (Lipinski definition) is 0. The average molecular weight is 458 g/mol. The maximum absolute atomic E-state index is 13.3. The van der Waals surface area contributed by atoms with E-state index in [0.29, 0.717) is 12.1 Å². The van der Waals surface area contributed by atoms with Crippen molar-refractivity contribution in [1.29, 1.82) is 0 Å². The third kappa shape index (κ3) is 4.92. The summed E-state index contributed by atoms with van der Waals surface area (Å²) < 4.78 is 41.5. The monoisotopic (exact) mass is 458 g/mol. The summed E-state index contributed by atoms with van der Waals surface area (Å²) in [5.41, 5.74) is 1.90. The molecule has 0 bridgehead atoms. The molecule has 9 heteroatoms. The zero-order valence-electron chi connectivity index (χ0n) is 18.3. The van der Waals surface area contributed by atoms with E-state index in [0.717, 1.165) is 29.3 Å². The van der Waals surface area contributed by atoms with E-state index < -0.39 is 12.6 Å². The van der Waals surface area contributed by atoms with Crippen LogP contribution < -0.4 is 9.47 Å². The van der Waals surface area contributed by atoms with Crippen LogP contribution in [0, 0.1) is 0 Å². The lowest BCUT2D eigenvalue weighted by molar-refractivity contribution is -0.133. The molecule has 33 heavy (non-hydrogen) atoms. The number of nitrogens with zero attached hydrogens (tertiary/aromatic N) is 2. The van der Waals surface area contributed by atoms with Crippen LogP contribution >= 0.6 is 0 Å². The minimum Gasteiger partial charge on any atom is -0.493 e. The van der Waals surface area contributed by atoms with Crippen molar-refractivity contribution < 1.29 is 32.6 Å². The summed E-state index contributed by atoms with van der Waals surface area (Å²) in [6, 6.07) is 12.1. The van der Waals surface area contributed by atoms with Crippen molar-refractivity contribution in [3.05, 3.63) is 59.8 Å². The molecular weight excluding hydrogens is 434 g/mol. The summed E-state index contributed by atoms with van der Waals surface area (Å²) in [5, 5.41) is 0.717. The predicted molar refractivity (Wildman–Crippen MR) is 116 cm³/mol. The summed E-state index contributed by atoms with van der Waals surface area (Å²) in [6.07, 6.45) is 3.43. The number of benzene rings is 2. The first kappa shape index (κ1) is 22.6. The lowest BCUT2D eigenvalue weighted by atomic mass is 10.1. The molecule has 1 heterocycles. The Bertz CT molecular complexity index is 1170. The molecule has 7 nitrogen and oxygen atoms in total. The molecule has 0 radical (unpaired) electrons. The Morgan fingerprint density at radius 3 is 2.55 bits per heavy atom. The highest BCUT2D eigenvalue weighted by molar-refractivity contribution is 6.04. The molecule has 1 amide bonds. The van der Waals surface area contributed by atoms with Crippen LogP contribution in [0.5, 0.6) is 11.5 Å². The summed E-state index contributed by atoms with van der Waals surface area (Å²) in [4.78, 5) is 27.2. The van der Waals surface area contributed by atoms with Crippen molar-refractivity contribution >= 4 is 22.8 Å². The maximum Gasteiger partial charge on any atom is 0.387 e. The van der Waals surface area contributed by atoms with Crippen LogP contribution in [-0.2, 0) is 22.6 Å². The topological polar surface area (TPSA) is 70.0 Å². The number of rotatable bonds is 9. The number of hydrogen-bond acceptors (Lipinski definition) is 5. The Morgan fingerprint density at radius 1 is 1.12 bits per heavy atom. The minimum absolute atomic E-state index is 0.0533. The standard InChI is InChI=1S/C24H24F2N2O5/c1-31-21-11-15(7-10-20(21)33-24(25)26)12-28(16-8-9-16)22(29)14-27-13-18(23(30)32-2)17-5-3-4-6-19(17)27/h3-7,10-11,13,16,24H,8-9,12,14H2,1-2H3. The largest absolute Gasteiger partial charge is 0.493 e. The minimum atomic E-state index is -2.96.